The fourth-order valence-corrected chi connectivity index (χ4v) is 2.21. The molecule has 0 saturated heterocycles. The summed E-state index contributed by atoms with van der Waals surface area (Å²) in [4.78, 5) is 23.6. The molecule has 23 heavy (non-hydrogen) atoms. The van der Waals surface area contributed by atoms with Crippen molar-refractivity contribution in [2.24, 2.45) is 0 Å². The lowest BCUT2D eigenvalue weighted by molar-refractivity contribution is -0.136. The molecule has 0 heterocycles. The molecule has 0 aromatic heterocycles. The van der Waals surface area contributed by atoms with Gasteiger partial charge in [-0.2, -0.15) is 0 Å². The number of amides is 2. The summed E-state index contributed by atoms with van der Waals surface area (Å²) in [6.07, 6.45) is 0. The SMILES string of the molecule is COc1ccccc1CNC(=O)C(=O)Nc1ccc(Br)cc1F. The Morgan fingerprint density at radius 3 is 2.61 bits per heavy atom. The second-order valence-electron chi connectivity index (χ2n) is 4.57. The van der Waals surface area contributed by atoms with E-state index in [4.69, 9.17) is 4.74 Å². The summed E-state index contributed by atoms with van der Waals surface area (Å²) < 4.78 is 19.3. The first-order valence-electron chi connectivity index (χ1n) is 6.67. The zero-order valence-electron chi connectivity index (χ0n) is 12.2. The topological polar surface area (TPSA) is 67.4 Å². The van der Waals surface area contributed by atoms with Gasteiger partial charge >= 0.3 is 11.8 Å². The molecule has 0 saturated carbocycles. The molecule has 2 rings (SSSR count). The van der Waals surface area contributed by atoms with Crippen molar-refractivity contribution in [2.45, 2.75) is 6.54 Å². The minimum Gasteiger partial charge on any atom is -0.496 e. The summed E-state index contributed by atoms with van der Waals surface area (Å²) >= 11 is 3.11. The van der Waals surface area contributed by atoms with Gasteiger partial charge in [0.15, 0.2) is 0 Å². The third-order valence-corrected chi connectivity index (χ3v) is 3.51. The highest BCUT2D eigenvalue weighted by atomic mass is 79.9. The molecule has 2 N–H and O–H groups in total. The van der Waals surface area contributed by atoms with Gasteiger partial charge in [-0.05, 0) is 24.3 Å². The Kier molecular flexibility index (Phi) is 5.70. The zero-order valence-corrected chi connectivity index (χ0v) is 13.8. The van der Waals surface area contributed by atoms with E-state index in [1.807, 2.05) is 0 Å². The Morgan fingerprint density at radius 1 is 1.17 bits per heavy atom. The molecule has 0 fully saturated rings. The molecule has 0 spiro atoms. The van der Waals surface area contributed by atoms with Crippen molar-refractivity contribution in [3.05, 3.63) is 58.3 Å². The second kappa shape index (κ2) is 7.73. The number of carbonyl (C=O) groups excluding carboxylic acids is 2. The predicted octanol–water partition coefficient (Wildman–Crippen LogP) is 2.85. The molecule has 0 atom stereocenters. The average Bonchev–Trinajstić information content (AvgIpc) is 2.55. The summed E-state index contributed by atoms with van der Waals surface area (Å²) in [6.45, 7) is 0.124. The molecule has 120 valence electrons. The summed E-state index contributed by atoms with van der Waals surface area (Å²) in [5.74, 6) is -1.84. The number of hydrogen-bond donors (Lipinski definition) is 2. The second-order valence-corrected chi connectivity index (χ2v) is 5.49. The van der Waals surface area contributed by atoms with E-state index >= 15 is 0 Å². The Bertz CT molecular complexity index is 737. The van der Waals surface area contributed by atoms with E-state index < -0.39 is 17.6 Å². The molecular formula is C16H14BrFN2O3. The summed E-state index contributed by atoms with van der Waals surface area (Å²) in [5.41, 5.74) is 0.664. The van der Waals surface area contributed by atoms with Crippen molar-refractivity contribution in [1.29, 1.82) is 0 Å². The number of nitrogens with one attached hydrogen (secondary N) is 2. The van der Waals surface area contributed by atoms with Crippen LogP contribution in [0.3, 0.4) is 0 Å². The van der Waals surface area contributed by atoms with Crippen molar-refractivity contribution in [3.8, 4) is 5.75 Å². The normalized spacial score (nSPS) is 10.0. The van der Waals surface area contributed by atoms with Crippen LogP contribution in [0.4, 0.5) is 10.1 Å². The van der Waals surface area contributed by atoms with Crippen LogP contribution < -0.4 is 15.4 Å². The highest BCUT2D eigenvalue weighted by Crippen LogP contribution is 2.19. The van der Waals surface area contributed by atoms with Crippen LogP contribution in [0.5, 0.6) is 5.75 Å². The van der Waals surface area contributed by atoms with E-state index in [9.17, 15) is 14.0 Å². The van der Waals surface area contributed by atoms with E-state index in [-0.39, 0.29) is 12.2 Å². The monoisotopic (exact) mass is 380 g/mol. The Balaban J connectivity index is 1.96. The average molecular weight is 381 g/mol. The molecule has 0 bridgehead atoms. The van der Waals surface area contributed by atoms with Gasteiger partial charge in [0, 0.05) is 16.6 Å². The van der Waals surface area contributed by atoms with Gasteiger partial charge in [0.25, 0.3) is 0 Å². The molecule has 0 aliphatic carbocycles. The first-order valence-corrected chi connectivity index (χ1v) is 7.46. The minimum absolute atomic E-state index is 0.0642. The van der Waals surface area contributed by atoms with Gasteiger partial charge in [0.1, 0.15) is 11.6 Å². The Morgan fingerprint density at radius 2 is 1.91 bits per heavy atom. The Hall–Kier alpha value is -2.41. The minimum atomic E-state index is -0.943. The molecule has 2 aromatic rings. The molecule has 0 unspecified atom stereocenters. The van der Waals surface area contributed by atoms with Crippen LogP contribution in [0.15, 0.2) is 46.9 Å². The van der Waals surface area contributed by atoms with Gasteiger partial charge in [-0.25, -0.2) is 4.39 Å². The van der Waals surface area contributed by atoms with Crippen LogP contribution >= 0.6 is 15.9 Å². The van der Waals surface area contributed by atoms with Crippen LogP contribution in [0.2, 0.25) is 0 Å². The Labute approximate surface area is 141 Å². The smallest absolute Gasteiger partial charge is 0.313 e. The first-order chi connectivity index (χ1) is 11.0. The fourth-order valence-electron chi connectivity index (χ4n) is 1.87. The van der Waals surface area contributed by atoms with Crippen LogP contribution in [-0.4, -0.2) is 18.9 Å². The highest BCUT2D eigenvalue weighted by molar-refractivity contribution is 9.10. The third kappa shape index (κ3) is 4.53. The number of carbonyl (C=O) groups is 2. The van der Waals surface area contributed by atoms with Crippen LogP contribution in [0.1, 0.15) is 5.56 Å². The predicted molar refractivity (Wildman–Crippen MR) is 87.6 cm³/mol. The largest absolute Gasteiger partial charge is 0.496 e. The van der Waals surface area contributed by atoms with Gasteiger partial charge in [0.05, 0.1) is 12.8 Å². The lowest BCUT2D eigenvalue weighted by Crippen LogP contribution is -2.35. The zero-order chi connectivity index (χ0) is 16.8. The number of rotatable bonds is 4. The summed E-state index contributed by atoms with van der Waals surface area (Å²) in [6, 6.07) is 11.2. The molecule has 2 amide bonds. The quantitative estimate of drug-likeness (QED) is 0.801. The highest BCUT2D eigenvalue weighted by Gasteiger charge is 2.16. The van der Waals surface area contributed by atoms with Crippen molar-refractivity contribution in [1.82, 2.24) is 5.32 Å². The number of halogens is 2. The maximum Gasteiger partial charge on any atom is 0.313 e. The van der Waals surface area contributed by atoms with Gasteiger partial charge in [-0.1, -0.05) is 34.1 Å². The van der Waals surface area contributed by atoms with E-state index in [2.05, 4.69) is 26.6 Å². The van der Waals surface area contributed by atoms with Crippen molar-refractivity contribution in [3.63, 3.8) is 0 Å². The molecule has 7 heteroatoms. The van der Waals surface area contributed by atoms with Crippen LogP contribution in [0, 0.1) is 5.82 Å². The maximum atomic E-state index is 13.6. The molecule has 5 nitrogen and oxygen atoms in total. The van der Waals surface area contributed by atoms with E-state index in [1.54, 1.807) is 30.3 Å². The van der Waals surface area contributed by atoms with Crippen molar-refractivity contribution >= 4 is 33.4 Å². The van der Waals surface area contributed by atoms with Crippen molar-refractivity contribution in [2.75, 3.05) is 12.4 Å². The van der Waals surface area contributed by atoms with Crippen molar-refractivity contribution < 1.29 is 18.7 Å². The molecule has 0 aliphatic rings. The van der Waals surface area contributed by atoms with Gasteiger partial charge in [0.2, 0.25) is 0 Å². The molecule has 2 aromatic carbocycles. The van der Waals surface area contributed by atoms with Gasteiger partial charge in [-0.15, -0.1) is 0 Å². The summed E-state index contributed by atoms with van der Waals surface area (Å²) in [5, 5.41) is 4.69. The molecular weight excluding hydrogens is 367 g/mol. The van der Waals surface area contributed by atoms with E-state index in [1.165, 1.54) is 19.2 Å². The number of hydrogen-bond acceptors (Lipinski definition) is 3. The van der Waals surface area contributed by atoms with Gasteiger partial charge < -0.3 is 15.4 Å². The van der Waals surface area contributed by atoms with Crippen LogP contribution in [0.25, 0.3) is 0 Å². The fraction of sp³-hybridized carbons (Fsp3) is 0.125. The number of benzene rings is 2. The lowest BCUT2D eigenvalue weighted by atomic mass is 10.2. The lowest BCUT2D eigenvalue weighted by Gasteiger charge is -2.10. The summed E-state index contributed by atoms with van der Waals surface area (Å²) in [7, 11) is 1.52. The van der Waals surface area contributed by atoms with Gasteiger partial charge in [-0.3, -0.25) is 9.59 Å². The standard InChI is InChI=1S/C16H14BrFN2O3/c1-23-14-5-3-2-4-10(14)9-19-15(21)16(22)20-13-7-6-11(17)8-12(13)18/h2-8H,9H2,1H3,(H,19,21)(H,20,22). The van der Waals surface area contributed by atoms with E-state index in [0.717, 1.165) is 5.56 Å². The molecule has 0 radical (unpaired) electrons. The van der Waals surface area contributed by atoms with Crippen LogP contribution in [-0.2, 0) is 16.1 Å². The number of anilines is 1. The third-order valence-electron chi connectivity index (χ3n) is 3.02. The number of methoxy groups -OCH3 is 1. The maximum absolute atomic E-state index is 13.6. The van der Waals surface area contributed by atoms with E-state index in [0.29, 0.717) is 10.2 Å². The molecule has 0 aliphatic heterocycles. The first kappa shape index (κ1) is 17.0. The number of ether oxygens (including phenoxy) is 1. The number of para-hydroxylation sites is 1.